The van der Waals surface area contributed by atoms with Crippen LogP contribution in [-0.4, -0.2) is 29.0 Å². The summed E-state index contributed by atoms with van der Waals surface area (Å²) in [4.78, 5) is 8.85. The third kappa shape index (κ3) is 2.28. The maximum atomic E-state index is 13.6. The Bertz CT molecular complexity index is 463. The second kappa shape index (κ2) is 4.45. The highest BCUT2D eigenvalue weighted by Crippen LogP contribution is 2.21. The molecule has 0 unspecified atom stereocenters. The van der Waals surface area contributed by atoms with E-state index >= 15 is 0 Å². The largest absolute Gasteiger partial charge is 0.345 e. The van der Waals surface area contributed by atoms with Crippen LogP contribution in [0.5, 0.6) is 0 Å². The van der Waals surface area contributed by atoms with Gasteiger partial charge in [-0.2, -0.15) is 0 Å². The van der Waals surface area contributed by atoms with E-state index in [1.165, 1.54) is 6.07 Å². The van der Waals surface area contributed by atoms with Crippen molar-refractivity contribution in [2.45, 2.75) is 6.54 Å². The molecule has 0 saturated heterocycles. The Kier molecular flexibility index (Phi) is 3.01. The van der Waals surface area contributed by atoms with Gasteiger partial charge < -0.3 is 9.88 Å². The number of hydrogen-bond acceptors (Lipinski definition) is 2. The highest BCUT2D eigenvalue weighted by atomic mass is 19.1. The Hall–Kier alpha value is -1.68. The normalized spacial score (nSPS) is 11.0. The number of hydrogen-bond donors (Lipinski definition) is 1. The molecule has 1 aromatic carbocycles. The Balaban J connectivity index is 2.37. The van der Waals surface area contributed by atoms with Gasteiger partial charge in [0.1, 0.15) is 5.82 Å². The minimum absolute atomic E-state index is 0.230. The molecule has 1 aromatic heterocycles. The van der Waals surface area contributed by atoms with Crippen LogP contribution in [0.4, 0.5) is 4.39 Å². The highest BCUT2D eigenvalue weighted by Gasteiger charge is 2.07. The van der Waals surface area contributed by atoms with Crippen molar-refractivity contribution >= 4 is 0 Å². The molecule has 0 spiro atoms. The summed E-state index contributed by atoms with van der Waals surface area (Å²) in [5.41, 5.74) is 2.35. The van der Waals surface area contributed by atoms with Crippen LogP contribution in [0.3, 0.4) is 0 Å². The number of rotatable bonds is 3. The first-order valence-corrected chi connectivity index (χ1v) is 5.08. The third-order valence-electron chi connectivity index (χ3n) is 2.32. The first-order chi connectivity index (χ1) is 7.66. The number of nitrogens with zero attached hydrogens (tertiary/aromatic N) is 2. The standard InChI is InChI=1S/C12H14FN3/c1-16(2)7-9-3-4-11(13)10(5-9)12-6-14-8-15-12/h3-6,8H,7H2,1-2H3,(H,14,15). The van der Waals surface area contributed by atoms with Crippen LogP contribution in [0.1, 0.15) is 5.56 Å². The van der Waals surface area contributed by atoms with Crippen molar-refractivity contribution in [2.75, 3.05) is 14.1 Å². The van der Waals surface area contributed by atoms with Crippen molar-refractivity contribution < 1.29 is 4.39 Å². The zero-order valence-corrected chi connectivity index (χ0v) is 9.37. The van der Waals surface area contributed by atoms with Crippen molar-refractivity contribution in [1.29, 1.82) is 0 Å². The smallest absolute Gasteiger partial charge is 0.132 e. The maximum Gasteiger partial charge on any atom is 0.132 e. The molecule has 0 atom stereocenters. The van der Waals surface area contributed by atoms with Crippen molar-refractivity contribution in [1.82, 2.24) is 14.9 Å². The second-order valence-electron chi connectivity index (χ2n) is 4.02. The van der Waals surface area contributed by atoms with Crippen molar-refractivity contribution in [3.63, 3.8) is 0 Å². The number of benzene rings is 1. The van der Waals surface area contributed by atoms with E-state index in [2.05, 4.69) is 9.97 Å². The van der Waals surface area contributed by atoms with Gasteiger partial charge in [-0.05, 0) is 31.8 Å². The molecule has 0 fully saturated rings. The molecule has 0 bridgehead atoms. The van der Waals surface area contributed by atoms with E-state index in [1.807, 2.05) is 25.1 Å². The van der Waals surface area contributed by atoms with Crippen molar-refractivity contribution in [3.8, 4) is 11.3 Å². The lowest BCUT2D eigenvalue weighted by atomic mass is 10.1. The van der Waals surface area contributed by atoms with Crippen LogP contribution >= 0.6 is 0 Å². The zero-order valence-electron chi connectivity index (χ0n) is 9.37. The molecule has 0 amide bonds. The SMILES string of the molecule is CN(C)Cc1ccc(F)c(-c2cnc[nH]2)c1. The molecule has 0 aliphatic heterocycles. The summed E-state index contributed by atoms with van der Waals surface area (Å²) in [6, 6.07) is 5.15. The zero-order chi connectivity index (χ0) is 11.5. The topological polar surface area (TPSA) is 31.9 Å². The third-order valence-corrected chi connectivity index (χ3v) is 2.32. The summed E-state index contributed by atoms with van der Waals surface area (Å²) in [5.74, 6) is -0.230. The molecule has 2 aromatic rings. The summed E-state index contributed by atoms with van der Waals surface area (Å²) in [6.07, 6.45) is 3.17. The highest BCUT2D eigenvalue weighted by molar-refractivity contribution is 5.59. The van der Waals surface area contributed by atoms with Gasteiger partial charge in [0.05, 0.1) is 18.2 Å². The van der Waals surface area contributed by atoms with Crippen LogP contribution in [-0.2, 0) is 6.54 Å². The van der Waals surface area contributed by atoms with E-state index in [4.69, 9.17) is 0 Å². The molecule has 0 aliphatic carbocycles. The summed E-state index contributed by atoms with van der Waals surface area (Å²) >= 11 is 0. The van der Waals surface area contributed by atoms with Gasteiger partial charge in [-0.1, -0.05) is 6.07 Å². The molecule has 0 radical (unpaired) electrons. The minimum Gasteiger partial charge on any atom is -0.345 e. The van der Waals surface area contributed by atoms with Crippen molar-refractivity contribution in [2.24, 2.45) is 0 Å². The molecule has 3 nitrogen and oxygen atoms in total. The molecule has 1 heterocycles. The molecule has 0 saturated carbocycles. The molecular weight excluding hydrogens is 205 g/mol. The second-order valence-corrected chi connectivity index (χ2v) is 4.02. The van der Waals surface area contributed by atoms with E-state index in [0.717, 1.165) is 12.1 Å². The van der Waals surface area contributed by atoms with Crippen molar-refractivity contribution in [3.05, 3.63) is 42.1 Å². The number of aromatic nitrogens is 2. The van der Waals surface area contributed by atoms with Crippen LogP contribution in [0, 0.1) is 5.82 Å². The Morgan fingerprint density at radius 1 is 1.38 bits per heavy atom. The Labute approximate surface area is 93.9 Å². The summed E-state index contributed by atoms with van der Waals surface area (Å²) in [6.45, 7) is 0.793. The number of halogens is 1. The molecular formula is C12H14FN3. The van der Waals surface area contributed by atoms with Crippen LogP contribution < -0.4 is 0 Å². The van der Waals surface area contributed by atoms with Crippen LogP contribution in [0.2, 0.25) is 0 Å². The number of nitrogens with one attached hydrogen (secondary N) is 1. The molecule has 84 valence electrons. The van der Waals surface area contributed by atoms with E-state index < -0.39 is 0 Å². The Morgan fingerprint density at radius 2 is 2.19 bits per heavy atom. The lowest BCUT2D eigenvalue weighted by Gasteiger charge is -2.10. The van der Waals surface area contributed by atoms with Gasteiger partial charge in [-0.15, -0.1) is 0 Å². The van der Waals surface area contributed by atoms with Gasteiger partial charge >= 0.3 is 0 Å². The van der Waals surface area contributed by atoms with Gasteiger partial charge in [0.2, 0.25) is 0 Å². The lowest BCUT2D eigenvalue weighted by molar-refractivity contribution is 0.402. The minimum atomic E-state index is -0.230. The average molecular weight is 219 g/mol. The maximum absolute atomic E-state index is 13.6. The van der Waals surface area contributed by atoms with E-state index in [0.29, 0.717) is 11.3 Å². The van der Waals surface area contributed by atoms with Crippen LogP contribution in [0.25, 0.3) is 11.3 Å². The molecule has 0 aliphatic rings. The van der Waals surface area contributed by atoms with E-state index in [1.54, 1.807) is 18.6 Å². The summed E-state index contributed by atoms with van der Waals surface area (Å²) in [7, 11) is 3.97. The van der Waals surface area contributed by atoms with Gasteiger partial charge in [0.25, 0.3) is 0 Å². The van der Waals surface area contributed by atoms with E-state index in [9.17, 15) is 4.39 Å². The fraction of sp³-hybridized carbons (Fsp3) is 0.250. The number of imidazole rings is 1. The average Bonchev–Trinajstić information content (AvgIpc) is 2.73. The molecule has 1 N–H and O–H groups in total. The quantitative estimate of drug-likeness (QED) is 0.858. The molecule has 16 heavy (non-hydrogen) atoms. The number of H-pyrrole nitrogens is 1. The molecule has 4 heteroatoms. The number of aromatic amines is 1. The monoisotopic (exact) mass is 219 g/mol. The van der Waals surface area contributed by atoms with Crippen LogP contribution in [0.15, 0.2) is 30.7 Å². The van der Waals surface area contributed by atoms with Gasteiger partial charge in [-0.25, -0.2) is 9.37 Å². The van der Waals surface area contributed by atoms with Gasteiger partial charge in [-0.3, -0.25) is 0 Å². The predicted molar refractivity (Wildman–Crippen MR) is 61.4 cm³/mol. The fourth-order valence-corrected chi connectivity index (χ4v) is 1.65. The van der Waals surface area contributed by atoms with E-state index in [-0.39, 0.29) is 5.82 Å². The van der Waals surface area contributed by atoms with Gasteiger partial charge in [0.15, 0.2) is 0 Å². The lowest BCUT2D eigenvalue weighted by Crippen LogP contribution is -2.10. The predicted octanol–water partition coefficient (Wildman–Crippen LogP) is 2.28. The van der Waals surface area contributed by atoms with Gasteiger partial charge in [0, 0.05) is 12.1 Å². The first kappa shape index (κ1) is 10.8. The molecule has 2 rings (SSSR count). The fourth-order valence-electron chi connectivity index (χ4n) is 1.65. The summed E-state index contributed by atoms with van der Waals surface area (Å²) < 4.78 is 13.6. The first-order valence-electron chi connectivity index (χ1n) is 5.08. The Morgan fingerprint density at radius 3 is 2.81 bits per heavy atom. The summed E-state index contributed by atoms with van der Waals surface area (Å²) in [5, 5.41) is 0.